The van der Waals surface area contributed by atoms with Gasteiger partial charge in [-0.3, -0.25) is 19.2 Å². The molecule has 11 heteroatoms. The largest absolute Gasteiger partial charge is 0.455 e. The predicted octanol–water partition coefficient (Wildman–Crippen LogP) is 1.92. The van der Waals surface area contributed by atoms with Crippen molar-refractivity contribution in [3.8, 4) is 0 Å². The van der Waals surface area contributed by atoms with Gasteiger partial charge < -0.3 is 34.4 Å². The van der Waals surface area contributed by atoms with Crippen LogP contribution in [0.2, 0.25) is 0 Å². The summed E-state index contributed by atoms with van der Waals surface area (Å²) in [6, 6.07) is 16.8. The van der Waals surface area contributed by atoms with Gasteiger partial charge >= 0.3 is 5.97 Å². The van der Waals surface area contributed by atoms with Crippen LogP contribution in [0, 0.1) is 11.8 Å². The van der Waals surface area contributed by atoms with Crippen molar-refractivity contribution < 1.29 is 38.5 Å². The van der Waals surface area contributed by atoms with E-state index in [1.165, 1.54) is 12.0 Å². The average Bonchev–Trinajstić information content (AvgIpc) is 3.44. The van der Waals surface area contributed by atoms with Crippen LogP contribution in [0.15, 0.2) is 85.0 Å². The maximum Gasteiger partial charge on any atom is 0.313 e. The van der Waals surface area contributed by atoms with Crippen molar-refractivity contribution >= 4 is 23.7 Å². The van der Waals surface area contributed by atoms with E-state index in [1.54, 1.807) is 35.3 Å². The maximum absolute atomic E-state index is 14.4. The third-order valence-electron chi connectivity index (χ3n) is 9.20. The molecule has 2 saturated heterocycles. The van der Waals surface area contributed by atoms with E-state index in [9.17, 15) is 24.3 Å². The predicted molar refractivity (Wildman–Crippen MR) is 166 cm³/mol. The first kappa shape index (κ1) is 31.7. The van der Waals surface area contributed by atoms with Crippen molar-refractivity contribution in [2.45, 2.75) is 49.3 Å². The van der Waals surface area contributed by atoms with Crippen LogP contribution in [0.4, 0.5) is 0 Å². The fourth-order valence-electron chi connectivity index (χ4n) is 7.23. The molecule has 0 bridgehead atoms. The van der Waals surface area contributed by atoms with Gasteiger partial charge in [-0.25, -0.2) is 0 Å². The Morgan fingerprint density at radius 3 is 2.46 bits per heavy atom. The first-order valence-electron chi connectivity index (χ1n) is 15.7. The highest BCUT2D eigenvalue weighted by Gasteiger charge is 2.71. The summed E-state index contributed by atoms with van der Waals surface area (Å²) in [5.74, 6) is -3.89. The van der Waals surface area contributed by atoms with Gasteiger partial charge in [0.2, 0.25) is 17.7 Å². The van der Waals surface area contributed by atoms with Crippen LogP contribution in [0.5, 0.6) is 0 Å². The second-order valence-electron chi connectivity index (χ2n) is 12.1. The third-order valence-corrected chi connectivity index (χ3v) is 9.20. The summed E-state index contributed by atoms with van der Waals surface area (Å²) < 4.78 is 18.4. The smallest absolute Gasteiger partial charge is 0.313 e. The van der Waals surface area contributed by atoms with Gasteiger partial charge in [0, 0.05) is 33.2 Å². The summed E-state index contributed by atoms with van der Waals surface area (Å²) in [6.45, 7) is 0.208. The van der Waals surface area contributed by atoms with Gasteiger partial charge in [0.1, 0.15) is 23.7 Å². The second kappa shape index (κ2) is 13.6. The Labute approximate surface area is 267 Å². The molecular weight excluding hydrogens is 590 g/mol. The number of nitrogens with one attached hydrogen (secondary N) is 1. The van der Waals surface area contributed by atoms with Crippen molar-refractivity contribution in [2.24, 2.45) is 11.8 Å². The molecule has 2 aromatic rings. The van der Waals surface area contributed by atoms with Crippen LogP contribution in [-0.2, 0) is 39.9 Å². The number of rotatable bonds is 7. The number of methoxy groups -OCH3 is 1. The van der Waals surface area contributed by atoms with Gasteiger partial charge in [0.25, 0.3) is 0 Å². The summed E-state index contributed by atoms with van der Waals surface area (Å²) in [6.07, 6.45) is 5.74. The third kappa shape index (κ3) is 5.86. The zero-order valence-electron chi connectivity index (χ0n) is 25.7. The number of hydrogen-bond acceptors (Lipinski definition) is 8. The highest BCUT2D eigenvalue weighted by atomic mass is 16.6. The Kier molecular flexibility index (Phi) is 9.34. The normalized spacial score (nSPS) is 32.0. The number of aliphatic hydroxyl groups excluding tert-OH is 1. The lowest BCUT2D eigenvalue weighted by molar-refractivity contribution is -0.162. The minimum absolute atomic E-state index is 0.0755. The molecule has 3 amide bonds. The molecule has 0 unspecified atom stereocenters. The number of nitrogens with zero attached hydrogens (tertiary/aromatic N) is 2. The summed E-state index contributed by atoms with van der Waals surface area (Å²) in [5, 5.41) is 12.9. The molecule has 1 spiro atoms. The SMILES string of the molecule is COC[C@H]1NC(=O)CC/C=C\[C@H]2O[C@]34C=CCN(Cc5ccccc5)C(=O)[C@H]3N(CCO)C(=O)[C@@H]4[C@H]2C(=O)O[C@@H]1c1ccccc1. The molecule has 46 heavy (non-hydrogen) atoms. The van der Waals surface area contributed by atoms with E-state index in [1.807, 2.05) is 54.6 Å². The summed E-state index contributed by atoms with van der Waals surface area (Å²) in [5.41, 5.74) is 0.0980. The lowest BCUT2D eigenvalue weighted by Crippen LogP contribution is -2.55. The van der Waals surface area contributed by atoms with Crippen molar-refractivity contribution in [1.29, 1.82) is 0 Å². The number of aliphatic hydroxyl groups is 1. The standard InChI is InChI=1S/C35H39N3O8/c1-44-22-25-30(24-13-6-3-7-14-24)45-34(43)28-26(15-8-9-16-27(40)36-25)46-35-17-10-18-37(21-23-11-4-2-5-12-23)33(42)31(35)38(19-20-39)32(41)29(28)35/h2-8,10-15,17,25-26,28-31,39H,9,16,18-22H2,1H3,(H,36,40)/b15-8-/t25-,26-,28+,29+,30-,31-,35+/m1/s1. The molecule has 4 aliphatic heterocycles. The molecule has 4 aliphatic rings. The molecule has 2 fully saturated rings. The molecule has 7 atom stereocenters. The number of carbonyl (C=O) groups is 4. The van der Waals surface area contributed by atoms with Gasteiger partial charge in [0.05, 0.1) is 31.3 Å². The Hall–Kier alpha value is -4.32. The summed E-state index contributed by atoms with van der Waals surface area (Å²) in [4.78, 5) is 59.0. The molecule has 11 nitrogen and oxygen atoms in total. The van der Waals surface area contributed by atoms with Gasteiger partial charge in [-0.05, 0) is 17.5 Å². The van der Waals surface area contributed by atoms with Gasteiger partial charge in [-0.2, -0.15) is 0 Å². The summed E-state index contributed by atoms with van der Waals surface area (Å²) in [7, 11) is 1.50. The molecule has 0 aromatic heterocycles. The molecular formula is C35H39N3O8. The van der Waals surface area contributed by atoms with Gasteiger partial charge in [-0.1, -0.05) is 85.0 Å². The minimum Gasteiger partial charge on any atom is -0.455 e. The van der Waals surface area contributed by atoms with E-state index < -0.39 is 53.6 Å². The molecule has 6 rings (SSSR count). The van der Waals surface area contributed by atoms with E-state index in [0.29, 0.717) is 18.5 Å². The molecule has 0 aliphatic carbocycles. The summed E-state index contributed by atoms with van der Waals surface area (Å²) >= 11 is 0. The van der Waals surface area contributed by atoms with Crippen molar-refractivity contribution in [3.05, 3.63) is 96.1 Å². The second-order valence-corrected chi connectivity index (χ2v) is 12.1. The number of fused-ring (bicyclic) bond motifs is 2. The Morgan fingerprint density at radius 1 is 1.00 bits per heavy atom. The van der Waals surface area contributed by atoms with Crippen LogP contribution in [0.25, 0.3) is 0 Å². The average molecular weight is 630 g/mol. The van der Waals surface area contributed by atoms with Crippen LogP contribution < -0.4 is 5.32 Å². The van der Waals surface area contributed by atoms with E-state index in [4.69, 9.17) is 14.2 Å². The molecule has 0 radical (unpaired) electrons. The highest BCUT2D eigenvalue weighted by Crippen LogP contribution is 2.53. The molecule has 0 saturated carbocycles. The Balaban J connectivity index is 1.41. The zero-order chi connectivity index (χ0) is 32.3. The number of allylic oxidation sites excluding steroid dienone is 1. The van der Waals surface area contributed by atoms with Gasteiger partial charge in [-0.15, -0.1) is 0 Å². The van der Waals surface area contributed by atoms with E-state index in [2.05, 4.69) is 5.32 Å². The van der Waals surface area contributed by atoms with Crippen molar-refractivity contribution in [2.75, 3.05) is 33.4 Å². The van der Waals surface area contributed by atoms with Crippen LogP contribution in [0.3, 0.4) is 0 Å². The van der Waals surface area contributed by atoms with Crippen LogP contribution in [-0.4, -0.2) is 95.8 Å². The zero-order valence-corrected chi connectivity index (χ0v) is 25.7. The first-order valence-corrected chi connectivity index (χ1v) is 15.7. The maximum atomic E-state index is 14.4. The monoisotopic (exact) mass is 629 g/mol. The minimum atomic E-state index is -1.48. The molecule has 242 valence electrons. The van der Waals surface area contributed by atoms with E-state index in [0.717, 1.165) is 5.56 Å². The highest BCUT2D eigenvalue weighted by molar-refractivity contribution is 5.99. The van der Waals surface area contributed by atoms with E-state index in [-0.39, 0.29) is 44.5 Å². The van der Waals surface area contributed by atoms with Crippen molar-refractivity contribution in [3.63, 3.8) is 0 Å². The Bertz CT molecular complexity index is 1500. The number of esters is 1. The topological polar surface area (TPSA) is 135 Å². The quantitative estimate of drug-likeness (QED) is 0.351. The molecule has 2 aromatic carbocycles. The molecule has 4 heterocycles. The number of hydrogen-bond donors (Lipinski definition) is 2. The van der Waals surface area contributed by atoms with Crippen LogP contribution in [0.1, 0.15) is 30.1 Å². The Morgan fingerprint density at radius 2 is 1.74 bits per heavy atom. The van der Waals surface area contributed by atoms with Crippen LogP contribution >= 0.6 is 0 Å². The number of amides is 3. The number of carbonyl (C=O) groups excluding carboxylic acids is 4. The number of cyclic esters (lactones) is 1. The fourth-order valence-corrected chi connectivity index (χ4v) is 7.23. The number of ether oxygens (including phenoxy) is 3. The number of benzene rings is 2. The number of likely N-dealkylation sites (tertiary alicyclic amines) is 1. The van der Waals surface area contributed by atoms with Crippen molar-refractivity contribution in [1.82, 2.24) is 15.1 Å². The van der Waals surface area contributed by atoms with Gasteiger partial charge in [0.15, 0.2) is 0 Å². The lowest BCUT2D eigenvalue weighted by atomic mass is 9.77. The number of β-amino-alcohol motifs (C(OH)–C–C–N with tert-alkyl or cyclic N) is 1. The van der Waals surface area contributed by atoms with E-state index >= 15 is 0 Å². The lowest BCUT2D eigenvalue weighted by Gasteiger charge is -2.35. The first-order chi connectivity index (χ1) is 22.4. The molecule has 2 N–H and O–H groups in total. The fraction of sp³-hybridized carbons (Fsp3) is 0.429.